The molecule has 0 aliphatic carbocycles. The molecule has 0 aromatic rings. The van der Waals surface area contributed by atoms with Crippen LogP contribution in [-0.2, 0) is 0 Å². The Morgan fingerprint density at radius 3 is 0.542 bits per heavy atom. The molecule has 2 heteroatoms. The second-order valence-corrected chi connectivity index (χ2v) is 15.9. The fourth-order valence-corrected chi connectivity index (χ4v) is 7.65. The Morgan fingerprint density at radius 2 is 0.375 bits per heavy atom. The molecule has 0 aromatic heterocycles. The van der Waals surface area contributed by atoms with Crippen molar-refractivity contribution in [1.82, 2.24) is 0 Å². The maximum atomic E-state index is 5.74. The van der Waals surface area contributed by atoms with Crippen LogP contribution in [0.5, 0.6) is 0 Å². The van der Waals surface area contributed by atoms with E-state index < -0.39 is 0 Å². The first-order valence-corrected chi connectivity index (χ1v) is 23.0. The molecule has 0 bridgehead atoms. The molecule has 48 heavy (non-hydrogen) atoms. The monoisotopic (exact) mass is 668 g/mol. The van der Waals surface area contributed by atoms with Crippen LogP contribution < -0.4 is 18.9 Å². The van der Waals surface area contributed by atoms with Gasteiger partial charge in [-0.3, -0.25) is 0 Å². The number of nitrogens with zero attached hydrogens (tertiary/aromatic N) is 1. The molecule has 0 saturated carbocycles. The zero-order chi connectivity index (χ0) is 34.1. The van der Waals surface area contributed by atoms with E-state index in [-0.39, 0.29) is 18.9 Å². The molecule has 0 radical (unpaired) electrons. The van der Waals surface area contributed by atoms with E-state index in [9.17, 15) is 0 Å². The summed E-state index contributed by atoms with van der Waals surface area (Å²) in [5.74, 6) is 0. The number of hydrogen-bond donors (Lipinski definition) is 0. The standard InChI is InChI=1S/C46H94N.Li/c1-5-9-13-17-21-23-25-27-31-35-39-43-45(41-37-33-29-19-15-11-7-3)47-46(42-38-34-30-20-16-12-8-4)44-40-36-32-28-26-24-22-18-14-10-6-2;/h45-46H,5-44H2,1-4H3;/q-1;+1. The van der Waals surface area contributed by atoms with Crippen molar-refractivity contribution in [3.05, 3.63) is 5.32 Å². The molecule has 0 saturated heterocycles. The largest absolute Gasteiger partial charge is 1.00 e. The second kappa shape index (κ2) is 45.6. The molecule has 0 rings (SSSR count). The van der Waals surface area contributed by atoms with Gasteiger partial charge in [0.1, 0.15) is 0 Å². The first kappa shape index (κ1) is 50.7. The molecular formula is C46H94LiN. The summed E-state index contributed by atoms with van der Waals surface area (Å²) in [6, 6.07) is 1.29. The average molecular weight is 668 g/mol. The second-order valence-electron chi connectivity index (χ2n) is 15.9. The molecule has 2 unspecified atom stereocenters. The Labute approximate surface area is 319 Å². The maximum Gasteiger partial charge on any atom is 1.00 e. The van der Waals surface area contributed by atoms with Gasteiger partial charge in [0, 0.05) is 0 Å². The van der Waals surface area contributed by atoms with Gasteiger partial charge in [-0.2, -0.15) is 0 Å². The summed E-state index contributed by atoms with van der Waals surface area (Å²) in [6.07, 6.45) is 57.3. The fourth-order valence-electron chi connectivity index (χ4n) is 7.65. The minimum atomic E-state index is 0. The first-order valence-electron chi connectivity index (χ1n) is 23.0. The Hall–Kier alpha value is 0.557. The van der Waals surface area contributed by atoms with Crippen LogP contribution >= 0.6 is 0 Å². The van der Waals surface area contributed by atoms with E-state index >= 15 is 0 Å². The Balaban J connectivity index is 0. The molecule has 0 aliphatic heterocycles. The number of hydrogen-bond acceptors (Lipinski definition) is 0. The minimum absolute atomic E-state index is 0. The molecule has 0 aromatic carbocycles. The van der Waals surface area contributed by atoms with Crippen molar-refractivity contribution in [2.24, 2.45) is 0 Å². The van der Waals surface area contributed by atoms with Crippen molar-refractivity contribution in [2.75, 3.05) is 0 Å². The summed E-state index contributed by atoms with van der Waals surface area (Å²) in [5, 5.41) is 5.74. The van der Waals surface area contributed by atoms with Crippen LogP contribution in [0.3, 0.4) is 0 Å². The molecule has 0 N–H and O–H groups in total. The van der Waals surface area contributed by atoms with Gasteiger partial charge in [-0.25, -0.2) is 0 Å². The van der Waals surface area contributed by atoms with Crippen molar-refractivity contribution in [3.63, 3.8) is 0 Å². The zero-order valence-electron chi connectivity index (χ0n) is 34.9. The summed E-state index contributed by atoms with van der Waals surface area (Å²) < 4.78 is 0. The number of unbranched alkanes of at least 4 members (excludes halogenated alkanes) is 32. The van der Waals surface area contributed by atoms with Crippen LogP contribution in [0.25, 0.3) is 5.32 Å². The summed E-state index contributed by atoms with van der Waals surface area (Å²) in [7, 11) is 0. The van der Waals surface area contributed by atoms with Gasteiger partial charge >= 0.3 is 18.9 Å². The van der Waals surface area contributed by atoms with Crippen molar-refractivity contribution < 1.29 is 18.9 Å². The third-order valence-electron chi connectivity index (χ3n) is 11.0. The minimum Gasteiger partial charge on any atom is -0.657 e. The number of rotatable bonds is 42. The summed E-state index contributed by atoms with van der Waals surface area (Å²) in [6.45, 7) is 9.31. The van der Waals surface area contributed by atoms with Crippen LogP contribution in [-0.4, -0.2) is 12.1 Å². The van der Waals surface area contributed by atoms with Crippen LogP contribution in [0, 0.1) is 0 Å². The predicted octanol–water partition coefficient (Wildman–Crippen LogP) is 14.8. The van der Waals surface area contributed by atoms with Gasteiger partial charge in [-0.05, 0) is 0 Å². The van der Waals surface area contributed by atoms with Crippen molar-refractivity contribution in [1.29, 1.82) is 0 Å². The fraction of sp³-hybridized carbons (Fsp3) is 1.00. The van der Waals surface area contributed by atoms with E-state index in [1.807, 2.05) is 0 Å². The van der Waals surface area contributed by atoms with E-state index in [0.29, 0.717) is 12.1 Å². The van der Waals surface area contributed by atoms with E-state index in [1.54, 1.807) is 0 Å². The van der Waals surface area contributed by atoms with Gasteiger partial charge in [0.25, 0.3) is 0 Å². The van der Waals surface area contributed by atoms with E-state index in [1.165, 1.54) is 257 Å². The smallest absolute Gasteiger partial charge is 0.657 e. The van der Waals surface area contributed by atoms with Crippen LogP contribution in [0.4, 0.5) is 0 Å². The van der Waals surface area contributed by atoms with Crippen LogP contribution in [0.1, 0.15) is 285 Å². The summed E-state index contributed by atoms with van der Waals surface area (Å²) in [5.41, 5.74) is 0. The van der Waals surface area contributed by atoms with Gasteiger partial charge in [0.15, 0.2) is 0 Å². The van der Waals surface area contributed by atoms with Gasteiger partial charge in [-0.1, -0.05) is 285 Å². The molecule has 0 amide bonds. The Kier molecular flexibility index (Phi) is 48.1. The maximum absolute atomic E-state index is 5.74. The predicted molar refractivity (Wildman–Crippen MR) is 218 cm³/mol. The molecule has 0 heterocycles. The molecule has 0 fully saturated rings. The molecular weight excluding hydrogens is 573 g/mol. The molecule has 284 valence electrons. The van der Waals surface area contributed by atoms with Crippen molar-refractivity contribution >= 4 is 0 Å². The van der Waals surface area contributed by atoms with Crippen molar-refractivity contribution in [2.45, 2.75) is 297 Å². The van der Waals surface area contributed by atoms with E-state index in [4.69, 9.17) is 5.32 Å². The normalized spacial score (nSPS) is 12.8. The SMILES string of the molecule is CCCCCCCCCCCCCC(CCCCCCCCC)[N-]C(CCCCCCCCC)CCCCCCCCCCCCC.[Li+]. The molecule has 0 aliphatic rings. The summed E-state index contributed by atoms with van der Waals surface area (Å²) >= 11 is 0. The molecule has 2 atom stereocenters. The van der Waals surface area contributed by atoms with E-state index in [2.05, 4.69) is 27.7 Å². The third-order valence-corrected chi connectivity index (χ3v) is 11.0. The third kappa shape index (κ3) is 41.0. The Morgan fingerprint density at radius 1 is 0.229 bits per heavy atom. The average Bonchev–Trinajstić information content (AvgIpc) is 3.08. The molecule has 0 spiro atoms. The van der Waals surface area contributed by atoms with Gasteiger partial charge < -0.3 is 5.32 Å². The van der Waals surface area contributed by atoms with Gasteiger partial charge in [0.2, 0.25) is 0 Å². The van der Waals surface area contributed by atoms with E-state index in [0.717, 1.165) is 0 Å². The molecule has 1 nitrogen and oxygen atoms in total. The quantitative estimate of drug-likeness (QED) is 0.0454. The Bertz CT molecular complexity index is 490. The topological polar surface area (TPSA) is 14.1 Å². The van der Waals surface area contributed by atoms with Crippen LogP contribution in [0.15, 0.2) is 0 Å². The first-order chi connectivity index (χ1) is 23.3. The van der Waals surface area contributed by atoms with Crippen LogP contribution in [0.2, 0.25) is 0 Å². The van der Waals surface area contributed by atoms with Crippen molar-refractivity contribution in [3.8, 4) is 0 Å². The zero-order valence-corrected chi connectivity index (χ0v) is 34.9. The van der Waals surface area contributed by atoms with Gasteiger partial charge in [0.05, 0.1) is 0 Å². The van der Waals surface area contributed by atoms with Gasteiger partial charge in [-0.15, -0.1) is 12.1 Å². The summed E-state index contributed by atoms with van der Waals surface area (Å²) in [4.78, 5) is 0.